The molecule has 1 heterocycles. The average molecular weight is 272 g/mol. The second kappa shape index (κ2) is 6.51. The number of nitrogens with zero attached hydrogens (tertiary/aromatic N) is 2. The van der Waals surface area contributed by atoms with E-state index in [1.807, 2.05) is 31.2 Å². The van der Waals surface area contributed by atoms with Gasteiger partial charge in [-0.15, -0.1) is 0 Å². The molecule has 1 amide bonds. The Bertz CT molecular complexity index is 584. The molecule has 1 aromatic heterocycles. The van der Waals surface area contributed by atoms with Crippen molar-refractivity contribution in [2.24, 2.45) is 0 Å². The number of hydrogen-bond acceptors (Lipinski definition) is 5. The van der Waals surface area contributed by atoms with Crippen LogP contribution in [0.25, 0.3) is 0 Å². The zero-order chi connectivity index (χ0) is 14.4. The van der Waals surface area contributed by atoms with Crippen LogP contribution in [-0.4, -0.2) is 23.2 Å². The third-order valence-electron chi connectivity index (χ3n) is 2.73. The van der Waals surface area contributed by atoms with Crippen molar-refractivity contribution < 1.29 is 9.53 Å². The van der Waals surface area contributed by atoms with Gasteiger partial charge in [0.25, 0.3) is 0 Å². The van der Waals surface area contributed by atoms with E-state index in [4.69, 9.17) is 0 Å². The first-order valence-corrected chi connectivity index (χ1v) is 6.13. The zero-order valence-electron chi connectivity index (χ0n) is 11.4. The maximum Gasteiger partial charge on any atom is 0.407 e. The third-order valence-corrected chi connectivity index (χ3v) is 2.73. The number of nitrogens with one attached hydrogen (secondary N) is 2. The van der Waals surface area contributed by atoms with E-state index in [2.05, 4.69) is 25.3 Å². The van der Waals surface area contributed by atoms with Gasteiger partial charge in [0.05, 0.1) is 7.11 Å². The fourth-order valence-electron chi connectivity index (χ4n) is 1.62. The smallest absolute Gasteiger partial charge is 0.407 e. The predicted octanol–water partition coefficient (Wildman–Crippen LogP) is 2.38. The molecule has 0 unspecified atom stereocenters. The van der Waals surface area contributed by atoms with E-state index in [0.29, 0.717) is 6.54 Å². The van der Waals surface area contributed by atoms with Gasteiger partial charge in [0.1, 0.15) is 12.1 Å². The molecule has 0 radical (unpaired) electrons. The highest BCUT2D eigenvalue weighted by Crippen LogP contribution is 2.17. The predicted molar refractivity (Wildman–Crippen MR) is 75.7 cm³/mol. The maximum atomic E-state index is 11.0. The highest BCUT2D eigenvalue weighted by molar-refractivity contribution is 5.67. The molecule has 0 aliphatic rings. The van der Waals surface area contributed by atoms with Gasteiger partial charge in [-0.3, -0.25) is 0 Å². The fraction of sp³-hybridized carbons (Fsp3) is 0.214. The van der Waals surface area contributed by atoms with Crippen LogP contribution in [0.15, 0.2) is 36.8 Å². The topological polar surface area (TPSA) is 76.1 Å². The largest absolute Gasteiger partial charge is 0.453 e. The molecular formula is C14H16N4O2. The molecule has 1 aromatic carbocycles. The number of carbonyl (C=O) groups excluding carboxylic acids is 1. The normalized spacial score (nSPS) is 9.90. The van der Waals surface area contributed by atoms with Gasteiger partial charge in [-0.05, 0) is 24.6 Å². The summed E-state index contributed by atoms with van der Waals surface area (Å²) in [7, 11) is 1.34. The summed E-state index contributed by atoms with van der Waals surface area (Å²) in [6.07, 6.45) is 2.82. The lowest BCUT2D eigenvalue weighted by molar-refractivity contribution is 0.170. The first kappa shape index (κ1) is 13.8. The molecule has 2 rings (SSSR count). The van der Waals surface area contributed by atoms with Gasteiger partial charge in [0, 0.05) is 24.0 Å². The van der Waals surface area contributed by atoms with E-state index < -0.39 is 6.09 Å². The van der Waals surface area contributed by atoms with E-state index in [0.717, 1.165) is 22.6 Å². The Balaban J connectivity index is 1.98. The van der Waals surface area contributed by atoms with Crippen LogP contribution in [0.5, 0.6) is 0 Å². The van der Waals surface area contributed by atoms with Crippen molar-refractivity contribution in [3.63, 3.8) is 0 Å². The summed E-state index contributed by atoms with van der Waals surface area (Å²) in [6.45, 7) is 2.37. The Labute approximate surface area is 117 Å². The number of anilines is 2. The van der Waals surface area contributed by atoms with Crippen LogP contribution in [0.4, 0.5) is 16.3 Å². The Kier molecular flexibility index (Phi) is 4.49. The number of ether oxygens (including phenoxy) is 1. The Hall–Kier alpha value is -2.63. The molecule has 2 N–H and O–H groups in total. The lowest BCUT2D eigenvalue weighted by Crippen LogP contribution is -2.22. The third kappa shape index (κ3) is 3.68. The quantitative estimate of drug-likeness (QED) is 0.893. The standard InChI is InChI=1S/C14H16N4O2/c1-10-7-15-9-17-13(10)18-12-5-3-11(4-6-12)8-16-14(19)20-2/h3-7,9H,8H2,1-2H3,(H,16,19)(H,15,17,18). The number of aromatic nitrogens is 2. The molecule has 6 heteroatoms. The van der Waals surface area contributed by atoms with E-state index >= 15 is 0 Å². The molecule has 6 nitrogen and oxygen atoms in total. The zero-order valence-corrected chi connectivity index (χ0v) is 11.4. The summed E-state index contributed by atoms with van der Waals surface area (Å²) < 4.78 is 4.51. The van der Waals surface area contributed by atoms with Gasteiger partial charge < -0.3 is 15.4 Å². The van der Waals surface area contributed by atoms with Crippen molar-refractivity contribution in [1.29, 1.82) is 0 Å². The molecule has 0 fully saturated rings. The summed E-state index contributed by atoms with van der Waals surface area (Å²) in [5.74, 6) is 0.778. The van der Waals surface area contributed by atoms with Crippen LogP contribution in [0.3, 0.4) is 0 Å². The minimum atomic E-state index is -0.441. The van der Waals surface area contributed by atoms with Crippen molar-refractivity contribution >= 4 is 17.6 Å². The number of aryl methyl sites for hydroxylation is 1. The van der Waals surface area contributed by atoms with Crippen LogP contribution >= 0.6 is 0 Å². The Morgan fingerprint density at radius 1 is 1.30 bits per heavy atom. The lowest BCUT2D eigenvalue weighted by atomic mass is 10.2. The molecule has 104 valence electrons. The first-order chi connectivity index (χ1) is 9.69. The van der Waals surface area contributed by atoms with Crippen LogP contribution in [-0.2, 0) is 11.3 Å². The molecule has 0 saturated carbocycles. The molecule has 0 saturated heterocycles. The number of benzene rings is 1. The van der Waals surface area contributed by atoms with E-state index in [1.54, 1.807) is 6.20 Å². The van der Waals surface area contributed by atoms with Crippen LogP contribution in [0.1, 0.15) is 11.1 Å². The minimum absolute atomic E-state index is 0.430. The lowest BCUT2D eigenvalue weighted by Gasteiger charge is -2.09. The number of carbonyl (C=O) groups is 1. The first-order valence-electron chi connectivity index (χ1n) is 6.13. The Morgan fingerprint density at radius 3 is 2.70 bits per heavy atom. The SMILES string of the molecule is COC(=O)NCc1ccc(Nc2ncncc2C)cc1. The van der Waals surface area contributed by atoms with Crippen molar-refractivity contribution in [1.82, 2.24) is 15.3 Å². The summed E-state index contributed by atoms with van der Waals surface area (Å²) in [4.78, 5) is 19.1. The number of rotatable bonds is 4. The monoisotopic (exact) mass is 272 g/mol. The number of amides is 1. The second-order valence-electron chi connectivity index (χ2n) is 4.22. The molecule has 0 aliphatic heterocycles. The van der Waals surface area contributed by atoms with Gasteiger partial charge in [0.2, 0.25) is 0 Å². The highest BCUT2D eigenvalue weighted by Gasteiger charge is 2.01. The van der Waals surface area contributed by atoms with Crippen LogP contribution in [0.2, 0.25) is 0 Å². The fourth-order valence-corrected chi connectivity index (χ4v) is 1.62. The molecule has 0 aliphatic carbocycles. The van der Waals surface area contributed by atoms with Crippen LogP contribution in [0, 0.1) is 6.92 Å². The van der Waals surface area contributed by atoms with Gasteiger partial charge in [-0.2, -0.15) is 0 Å². The molecule has 0 bridgehead atoms. The van der Waals surface area contributed by atoms with E-state index in [9.17, 15) is 4.79 Å². The second-order valence-corrected chi connectivity index (χ2v) is 4.22. The Morgan fingerprint density at radius 2 is 2.05 bits per heavy atom. The molecule has 0 spiro atoms. The van der Waals surface area contributed by atoms with Crippen molar-refractivity contribution in [2.75, 3.05) is 12.4 Å². The van der Waals surface area contributed by atoms with Crippen LogP contribution < -0.4 is 10.6 Å². The van der Waals surface area contributed by atoms with Crippen molar-refractivity contribution in [3.8, 4) is 0 Å². The highest BCUT2D eigenvalue weighted by atomic mass is 16.5. The summed E-state index contributed by atoms with van der Waals surface area (Å²) >= 11 is 0. The molecule has 20 heavy (non-hydrogen) atoms. The molecular weight excluding hydrogens is 256 g/mol. The summed E-state index contributed by atoms with van der Waals surface area (Å²) in [6, 6.07) is 7.70. The van der Waals surface area contributed by atoms with E-state index in [1.165, 1.54) is 13.4 Å². The summed E-state index contributed by atoms with van der Waals surface area (Å²) in [5, 5.41) is 5.84. The van der Waals surface area contributed by atoms with Crippen molar-refractivity contribution in [3.05, 3.63) is 47.9 Å². The number of hydrogen-bond donors (Lipinski definition) is 2. The molecule has 2 aromatic rings. The maximum absolute atomic E-state index is 11.0. The minimum Gasteiger partial charge on any atom is -0.453 e. The average Bonchev–Trinajstić information content (AvgIpc) is 2.48. The number of alkyl carbamates (subject to hydrolysis) is 1. The van der Waals surface area contributed by atoms with Gasteiger partial charge in [-0.1, -0.05) is 12.1 Å². The molecule has 0 atom stereocenters. The van der Waals surface area contributed by atoms with Gasteiger partial charge >= 0.3 is 6.09 Å². The van der Waals surface area contributed by atoms with Gasteiger partial charge in [-0.25, -0.2) is 14.8 Å². The summed E-state index contributed by atoms with van der Waals surface area (Å²) in [5.41, 5.74) is 2.89. The van der Waals surface area contributed by atoms with E-state index in [-0.39, 0.29) is 0 Å². The van der Waals surface area contributed by atoms with Crippen molar-refractivity contribution in [2.45, 2.75) is 13.5 Å². The number of methoxy groups -OCH3 is 1. The van der Waals surface area contributed by atoms with Gasteiger partial charge in [0.15, 0.2) is 0 Å².